The van der Waals surface area contributed by atoms with Crippen LogP contribution in [0.3, 0.4) is 0 Å². The lowest BCUT2D eigenvalue weighted by Gasteiger charge is -2.19. The highest BCUT2D eigenvalue weighted by Gasteiger charge is 2.31. The Labute approximate surface area is 205 Å². The van der Waals surface area contributed by atoms with Gasteiger partial charge in [-0.3, -0.25) is 0 Å². The van der Waals surface area contributed by atoms with E-state index in [1.807, 2.05) is 49.1 Å². The molecule has 11 heteroatoms. The standard InChI is InChI=1S/C24H31N5O5S/c1-15-23(16(2)34-28-15)21-11-22(29-9-8-20(13-29)35(4,31)32)27-24(26-21)17-6-5-7-19(10-17)33-14-18(30)12-25-3/h5-7,10-11,18,20,25,30H,8-9,12-14H2,1-4H3/t18?,20-/m0/s1. The van der Waals surface area contributed by atoms with Crippen LogP contribution in [0, 0.1) is 13.8 Å². The first-order chi connectivity index (χ1) is 16.7. The molecule has 0 aliphatic carbocycles. The first-order valence-electron chi connectivity index (χ1n) is 11.5. The highest BCUT2D eigenvalue weighted by molar-refractivity contribution is 7.91. The van der Waals surface area contributed by atoms with Gasteiger partial charge in [-0.05, 0) is 39.4 Å². The number of nitrogens with zero attached hydrogens (tertiary/aromatic N) is 4. The summed E-state index contributed by atoms with van der Waals surface area (Å²) in [4.78, 5) is 11.6. The van der Waals surface area contributed by atoms with E-state index in [-0.39, 0.29) is 6.61 Å². The maximum atomic E-state index is 12.1. The lowest BCUT2D eigenvalue weighted by atomic mass is 10.1. The topological polar surface area (TPSA) is 131 Å². The molecule has 35 heavy (non-hydrogen) atoms. The van der Waals surface area contributed by atoms with Gasteiger partial charge in [-0.15, -0.1) is 0 Å². The Hall–Kier alpha value is -3.02. The SMILES string of the molecule is CNCC(O)COc1cccc(-c2nc(-c3c(C)noc3C)cc(N3CC[C@H](S(C)(=O)=O)C3)n2)c1. The fourth-order valence-electron chi connectivity index (χ4n) is 4.20. The van der Waals surface area contributed by atoms with E-state index < -0.39 is 21.2 Å². The minimum atomic E-state index is -3.15. The number of aromatic nitrogens is 3. The number of benzene rings is 1. The van der Waals surface area contributed by atoms with Gasteiger partial charge in [-0.2, -0.15) is 0 Å². The summed E-state index contributed by atoms with van der Waals surface area (Å²) in [5.41, 5.74) is 2.89. The van der Waals surface area contributed by atoms with E-state index in [1.165, 1.54) is 6.26 Å². The van der Waals surface area contributed by atoms with Crippen molar-refractivity contribution in [3.8, 4) is 28.4 Å². The van der Waals surface area contributed by atoms with Crippen molar-refractivity contribution in [3.05, 3.63) is 41.8 Å². The van der Waals surface area contributed by atoms with Gasteiger partial charge in [0.05, 0.1) is 22.2 Å². The Bertz CT molecular complexity index is 1270. The van der Waals surface area contributed by atoms with E-state index in [0.717, 1.165) is 11.1 Å². The Morgan fingerprint density at radius 1 is 1.29 bits per heavy atom. The molecule has 3 aromatic rings. The van der Waals surface area contributed by atoms with E-state index >= 15 is 0 Å². The van der Waals surface area contributed by atoms with Gasteiger partial charge in [-0.25, -0.2) is 18.4 Å². The minimum Gasteiger partial charge on any atom is -0.491 e. The summed E-state index contributed by atoms with van der Waals surface area (Å²) in [5, 5.41) is 16.5. The van der Waals surface area contributed by atoms with Crippen LogP contribution < -0.4 is 15.0 Å². The zero-order valence-corrected chi connectivity index (χ0v) is 21.2. The fraction of sp³-hybridized carbons (Fsp3) is 0.458. The summed E-state index contributed by atoms with van der Waals surface area (Å²) in [5.74, 6) is 2.35. The maximum Gasteiger partial charge on any atom is 0.162 e. The van der Waals surface area contributed by atoms with Crippen LogP contribution in [-0.2, 0) is 9.84 Å². The molecule has 0 saturated carbocycles. The highest BCUT2D eigenvalue weighted by Crippen LogP contribution is 2.32. The molecule has 0 bridgehead atoms. The predicted molar refractivity (Wildman–Crippen MR) is 133 cm³/mol. The quantitative estimate of drug-likeness (QED) is 0.449. The average molecular weight is 502 g/mol. The summed E-state index contributed by atoms with van der Waals surface area (Å²) in [6.45, 7) is 5.22. The molecule has 4 rings (SSSR count). The van der Waals surface area contributed by atoms with Crippen molar-refractivity contribution in [2.75, 3.05) is 44.4 Å². The summed E-state index contributed by atoms with van der Waals surface area (Å²) in [6.07, 6.45) is 1.20. The molecule has 1 fully saturated rings. The molecule has 0 spiro atoms. The number of aliphatic hydroxyl groups is 1. The van der Waals surface area contributed by atoms with Crippen molar-refractivity contribution in [3.63, 3.8) is 0 Å². The third-order valence-electron chi connectivity index (χ3n) is 6.05. The Morgan fingerprint density at radius 2 is 2.09 bits per heavy atom. The van der Waals surface area contributed by atoms with Gasteiger partial charge < -0.3 is 24.6 Å². The van der Waals surface area contributed by atoms with E-state index in [2.05, 4.69) is 10.5 Å². The zero-order valence-electron chi connectivity index (χ0n) is 20.4. The van der Waals surface area contributed by atoms with Gasteiger partial charge in [-0.1, -0.05) is 17.3 Å². The van der Waals surface area contributed by atoms with Crippen molar-refractivity contribution in [1.82, 2.24) is 20.4 Å². The van der Waals surface area contributed by atoms with E-state index in [0.29, 0.717) is 60.6 Å². The first kappa shape index (κ1) is 25.1. The van der Waals surface area contributed by atoms with Gasteiger partial charge in [0.25, 0.3) is 0 Å². The number of aryl methyl sites for hydroxylation is 2. The molecule has 2 N–H and O–H groups in total. The van der Waals surface area contributed by atoms with Gasteiger partial charge >= 0.3 is 0 Å². The third-order valence-corrected chi connectivity index (χ3v) is 7.65. The number of sulfone groups is 1. The number of aliphatic hydroxyl groups excluding tert-OH is 1. The molecule has 0 radical (unpaired) electrons. The number of ether oxygens (including phenoxy) is 1. The number of anilines is 1. The van der Waals surface area contributed by atoms with E-state index in [4.69, 9.17) is 19.2 Å². The van der Waals surface area contributed by atoms with Crippen molar-refractivity contribution >= 4 is 15.7 Å². The van der Waals surface area contributed by atoms with Crippen molar-refractivity contribution in [1.29, 1.82) is 0 Å². The van der Waals surface area contributed by atoms with Gasteiger partial charge in [0.15, 0.2) is 15.7 Å². The van der Waals surface area contributed by atoms with Crippen LogP contribution in [0.15, 0.2) is 34.9 Å². The van der Waals surface area contributed by atoms with Crippen LogP contribution in [0.2, 0.25) is 0 Å². The van der Waals surface area contributed by atoms with E-state index in [1.54, 1.807) is 7.05 Å². The minimum absolute atomic E-state index is 0.149. The largest absolute Gasteiger partial charge is 0.491 e. The normalized spacial score (nSPS) is 17.1. The molecule has 2 atom stereocenters. The first-order valence-corrected chi connectivity index (χ1v) is 13.4. The van der Waals surface area contributed by atoms with Crippen LogP contribution in [0.1, 0.15) is 17.9 Å². The molecular weight excluding hydrogens is 470 g/mol. The molecule has 1 aliphatic rings. The highest BCUT2D eigenvalue weighted by atomic mass is 32.2. The maximum absolute atomic E-state index is 12.1. The molecule has 0 amide bonds. The molecule has 1 unspecified atom stereocenters. The summed E-state index contributed by atoms with van der Waals surface area (Å²) >= 11 is 0. The summed E-state index contributed by atoms with van der Waals surface area (Å²) in [7, 11) is -1.38. The summed E-state index contributed by atoms with van der Waals surface area (Å²) < 4.78 is 35.3. The molecule has 2 aromatic heterocycles. The van der Waals surface area contributed by atoms with Crippen LogP contribution in [0.5, 0.6) is 5.75 Å². The average Bonchev–Trinajstić information content (AvgIpc) is 3.45. The van der Waals surface area contributed by atoms with Gasteiger partial charge in [0, 0.05) is 37.5 Å². The smallest absolute Gasteiger partial charge is 0.162 e. The number of likely N-dealkylation sites (N-methyl/N-ethyl adjacent to an activating group) is 1. The Kier molecular flexibility index (Phi) is 7.39. The molecule has 3 heterocycles. The Morgan fingerprint density at radius 3 is 2.74 bits per heavy atom. The zero-order chi connectivity index (χ0) is 25.2. The predicted octanol–water partition coefficient (Wildman–Crippen LogP) is 2.00. The number of rotatable bonds is 9. The summed E-state index contributed by atoms with van der Waals surface area (Å²) in [6, 6.07) is 9.22. The number of hydrogen-bond donors (Lipinski definition) is 2. The molecular formula is C24H31N5O5S. The second kappa shape index (κ2) is 10.3. The number of hydrogen-bond acceptors (Lipinski definition) is 10. The second-order valence-corrected chi connectivity index (χ2v) is 11.2. The molecule has 1 aliphatic heterocycles. The van der Waals surface area contributed by atoms with Crippen molar-refractivity contribution in [2.45, 2.75) is 31.6 Å². The second-order valence-electron chi connectivity index (χ2n) is 8.87. The van der Waals surface area contributed by atoms with Crippen LogP contribution in [0.25, 0.3) is 22.6 Å². The molecule has 188 valence electrons. The third kappa shape index (κ3) is 5.80. The lowest BCUT2D eigenvalue weighted by molar-refractivity contribution is 0.108. The van der Waals surface area contributed by atoms with Crippen LogP contribution >= 0.6 is 0 Å². The molecule has 1 saturated heterocycles. The molecule has 1 aromatic carbocycles. The lowest BCUT2D eigenvalue weighted by Crippen LogP contribution is -2.29. The monoisotopic (exact) mass is 501 g/mol. The number of nitrogens with one attached hydrogen (secondary N) is 1. The van der Waals surface area contributed by atoms with Gasteiger partial charge in [0.1, 0.15) is 30.0 Å². The Balaban J connectivity index is 1.71. The van der Waals surface area contributed by atoms with E-state index in [9.17, 15) is 13.5 Å². The van der Waals surface area contributed by atoms with Crippen molar-refractivity contribution in [2.24, 2.45) is 0 Å². The van der Waals surface area contributed by atoms with Gasteiger partial charge in [0.2, 0.25) is 0 Å². The van der Waals surface area contributed by atoms with Crippen molar-refractivity contribution < 1.29 is 22.8 Å². The van der Waals surface area contributed by atoms with Crippen LogP contribution in [0.4, 0.5) is 5.82 Å². The van der Waals surface area contributed by atoms with Crippen LogP contribution in [-0.4, -0.2) is 79.5 Å². The fourth-order valence-corrected chi connectivity index (χ4v) is 5.18. The molecule has 10 nitrogen and oxygen atoms in total.